The first kappa shape index (κ1) is 9.89. The number of rotatable bonds is 1. The summed E-state index contributed by atoms with van der Waals surface area (Å²) >= 11 is 0. The first-order chi connectivity index (χ1) is 8.33. The van der Waals surface area contributed by atoms with E-state index in [-0.39, 0.29) is 11.7 Å². The molecule has 1 unspecified atom stereocenters. The monoisotopic (exact) mass is 230 g/mol. The lowest BCUT2D eigenvalue weighted by Crippen LogP contribution is -2.25. The second kappa shape index (κ2) is 3.93. The van der Waals surface area contributed by atoms with E-state index in [1.165, 1.54) is 12.3 Å². The zero-order chi connectivity index (χ0) is 11.7. The van der Waals surface area contributed by atoms with E-state index in [1.807, 2.05) is 24.3 Å². The van der Waals surface area contributed by atoms with E-state index in [9.17, 15) is 4.79 Å². The Bertz CT molecular complexity index is 594. The van der Waals surface area contributed by atoms with Gasteiger partial charge in [0, 0.05) is 12.3 Å². The minimum absolute atomic E-state index is 0.197. The lowest BCUT2D eigenvalue weighted by atomic mass is 10.2. The molecule has 5 heteroatoms. The van der Waals surface area contributed by atoms with E-state index in [2.05, 4.69) is 9.97 Å². The summed E-state index contributed by atoms with van der Waals surface area (Å²) in [6, 6.07) is 8.77. The van der Waals surface area contributed by atoms with Crippen LogP contribution in [0.2, 0.25) is 0 Å². The van der Waals surface area contributed by atoms with Gasteiger partial charge in [-0.3, -0.25) is 4.79 Å². The first-order valence-corrected chi connectivity index (χ1v) is 5.26. The van der Waals surface area contributed by atoms with Gasteiger partial charge in [-0.2, -0.15) is 0 Å². The Balaban J connectivity index is 1.92. The highest BCUT2D eigenvalue weighted by molar-refractivity contribution is 5.40. The van der Waals surface area contributed by atoms with Crippen molar-refractivity contribution >= 4 is 0 Å². The molecule has 1 N–H and O–H groups in total. The van der Waals surface area contributed by atoms with Crippen molar-refractivity contribution in [1.29, 1.82) is 0 Å². The van der Waals surface area contributed by atoms with Crippen molar-refractivity contribution in [1.82, 2.24) is 9.97 Å². The SMILES string of the molecule is O=c1ccnc(C2COc3ccccc3O2)[nH]1. The van der Waals surface area contributed by atoms with E-state index in [1.54, 1.807) is 0 Å². The third-order valence-corrected chi connectivity index (χ3v) is 2.50. The summed E-state index contributed by atoms with van der Waals surface area (Å²) in [5.41, 5.74) is -0.197. The van der Waals surface area contributed by atoms with Crippen LogP contribution >= 0.6 is 0 Å². The smallest absolute Gasteiger partial charge is 0.250 e. The van der Waals surface area contributed by atoms with Gasteiger partial charge in [0.25, 0.3) is 5.56 Å². The number of benzene rings is 1. The molecule has 17 heavy (non-hydrogen) atoms. The van der Waals surface area contributed by atoms with E-state index in [0.29, 0.717) is 23.9 Å². The topological polar surface area (TPSA) is 64.2 Å². The van der Waals surface area contributed by atoms with Crippen LogP contribution in [0.5, 0.6) is 11.5 Å². The predicted molar refractivity (Wildman–Crippen MR) is 60.2 cm³/mol. The largest absolute Gasteiger partial charge is 0.485 e. The maximum absolute atomic E-state index is 11.2. The highest BCUT2D eigenvalue weighted by Crippen LogP contribution is 2.34. The Morgan fingerprint density at radius 3 is 2.88 bits per heavy atom. The maximum Gasteiger partial charge on any atom is 0.250 e. The first-order valence-electron chi connectivity index (χ1n) is 5.26. The molecule has 0 aliphatic carbocycles. The van der Waals surface area contributed by atoms with Gasteiger partial charge >= 0.3 is 0 Å². The Morgan fingerprint density at radius 2 is 2.06 bits per heavy atom. The highest BCUT2D eigenvalue weighted by Gasteiger charge is 2.23. The van der Waals surface area contributed by atoms with Crippen LogP contribution in [-0.4, -0.2) is 16.6 Å². The van der Waals surface area contributed by atoms with Crippen LogP contribution in [0, 0.1) is 0 Å². The molecule has 0 saturated heterocycles. The van der Waals surface area contributed by atoms with Crippen LogP contribution in [0.1, 0.15) is 11.9 Å². The molecule has 1 atom stereocenters. The zero-order valence-electron chi connectivity index (χ0n) is 8.92. The number of ether oxygens (including phenoxy) is 2. The van der Waals surface area contributed by atoms with Crippen molar-refractivity contribution in [2.45, 2.75) is 6.10 Å². The van der Waals surface area contributed by atoms with E-state index >= 15 is 0 Å². The van der Waals surface area contributed by atoms with Crippen LogP contribution in [0.3, 0.4) is 0 Å². The highest BCUT2D eigenvalue weighted by atomic mass is 16.6. The van der Waals surface area contributed by atoms with E-state index in [4.69, 9.17) is 9.47 Å². The number of aromatic amines is 1. The quantitative estimate of drug-likeness (QED) is 0.801. The number of aromatic nitrogens is 2. The van der Waals surface area contributed by atoms with Gasteiger partial charge in [-0.05, 0) is 12.1 Å². The molecule has 0 radical (unpaired) electrons. The molecule has 1 aliphatic rings. The molecule has 86 valence electrons. The number of nitrogens with zero attached hydrogens (tertiary/aromatic N) is 1. The van der Waals surface area contributed by atoms with Gasteiger partial charge in [0.15, 0.2) is 23.4 Å². The van der Waals surface area contributed by atoms with Crippen LogP contribution in [0.15, 0.2) is 41.3 Å². The average Bonchev–Trinajstić information content (AvgIpc) is 2.38. The van der Waals surface area contributed by atoms with Crippen LogP contribution < -0.4 is 15.0 Å². The van der Waals surface area contributed by atoms with Crippen molar-refractivity contribution in [2.24, 2.45) is 0 Å². The number of hydrogen-bond acceptors (Lipinski definition) is 4. The van der Waals surface area contributed by atoms with Crippen molar-refractivity contribution in [2.75, 3.05) is 6.61 Å². The predicted octanol–water partition coefficient (Wildman–Crippen LogP) is 1.28. The molecule has 0 saturated carbocycles. The van der Waals surface area contributed by atoms with Gasteiger partial charge in [-0.1, -0.05) is 12.1 Å². The summed E-state index contributed by atoms with van der Waals surface area (Å²) in [6.07, 6.45) is 1.08. The lowest BCUT2D eigenvalue weighted by molar-refractivity contribution is 0.0848. The number of nitrogens with one attached hydrogen (secondary N) is 1. The summed E-state index contributed by atoms with van der Waals surface area (Å²) in [4.78, 5) is 17.9. The fourth-order valence-electron chi connectivity index (χ4n) is 1.70. The summed E-state index contributed by atoms with van der Waals surface area (Å²) in [5, 5.41) is 0. The standard InChI is InChI=1S/C12H10N2O3/c15-11-5-6-13-12(14-11)10-7-16-8-3-1-2-4-9(8)17-10/h1-6,10H,7H2,(H,13,14,15). The van der Waals surface area contributed by atoms with Gasteiger partial charge in [0.2, 0.25) is 0 Å². The molecule has 2 aromatic rings. The summed E-state index contributed by atoms with van der Waals surface area (Å²) < 4.78 is 11.3. The fourth-order valence-corrected chi connectivity index (χ4v) is 1.70. The molecule has 1 aliphatic heterocycles. The Kier molecular flexibility index (Phi) is 2.29. The number of para-hydroxylation sites is 2. The Morgan fingerprint density at radius 1 is 1.24 bits per heavy atom. The van der Waals surface area contributed by atoms with Gasteiger partial charge in [-0.15, -0.1) is 0 Å². The normalized spacial score (nSPS) is 17.8. The van der Waals surface area contributed by atoms with Crippen LogP contribution in [0.4, 0.5) is 0 Å². The Hall–Kier alpha value is -2.30. The van der Waals surface area contributed by atoms with Crippen LogP contribution in [0.25, 0.3) is 0 Å². The average molecular weight is 230 g/mol. The van der Waals surface area contributed by atoms with Gasteiger partial charge < -0.3 is 14.5 Å². The molecule has 0 amide bonds. The second-order valence-corrected chi connectivity index (χ2v) is 3.68. The fraction of sp³-hybridized carbons (Fsp3) is 0.167. The van der Waals surface area contributed by atoms with Crippen molar-refractivity contribution < 1.29 is 9.47 Å². The third-order valence-electron chi connectivity index (χ3n) is 2.50. The number of fused-ring (bicyclic) bond motifs is 1. The van der Waals surface area contributed by atoms with Crippen LogP contribution in [-0.2, 0) is 0 Å². The molecular weight excluding hydrogens is 220 g/mol. The Labute approximate surface area is 97.0 Å². The molecule has 0 bridgehead atoms. The maximum atomic E-state index is 11.2. The molecule has 0 fully saturated rings. The van der Waals surface area contributed by atoms with Crippen molar-refractivity contribution in [3.05, 3.63) is 52.7 Å². The molecule has 3 rings (SSSR count). The second-order valence-electron chi connectivity index (χ2n) is 3.68. The lowest BCUT2D eigenvalue weighted by Gasteiger charge is -2.25. The van der Waals surface area contributed by atoms with Crippen molar-refractivity contribution in [3.8, 4) is 11.5 Å². The minimum atomic E-state index is -0.376. The summed E-state index contributed by atoms with van der Waals surface area (Å²) in [7, 11) is 0. The molecule has 5 nitrogen and oxygen atoms in total. The number of H-pyrrole nitrogens is 1. The van der Waals surface area contributed by atoms with Gasteiger partial charge in [-0.25, -0.2) is 4.98 Å². The van der Waals surface area contributed by atoms with E-state index < -0.39 is 0 Å². The molecule has 0 spiro atoms. The number of hydrogen-bond donors (Lipinski definition) is 1. The molecule has 2 heterocycles. The van der Waals surface area contributed by atoms with Gasteiger partial charge in [0.1, 0.15) is 6.61 Å². The molecule has 1 aromatic carbocycles. The third kappa shape index (κ3) is 1.87. The van der Waals surface area contributed by atoms with Gasteiger partial charge in [0.05, 0.1) is 0 Å². The van der Waals surface area contributed by atoms with Crippen molar-refractivity contribution in [3.63, 3.8) is 0 Å². The molecular formula is C12H10N2O3. The van der Waals surface area contributed by atoms with E-state index in [0.717, 1.165) is 0 Å². The summed E-state index contributed by atoms with van der Waals surface area (Å²) in [6.45, 7) is 0.337. The molecule has 1 aromatic heterocycles. The zero-order valence-corrected chi connectivity index (χ0v) is 8.92. The summed E-state index contributed by atoms with van der Waals surface area (Å²) in [5.74, 6) is 1.85. The minimum Gasteiger partial charge on any atom is -0.485 e.